The number of hydrogen-bond acceptors (Lipinski definition) is 3. The van der Waals surface area contributed by atoms with Crippen LogP contribution in [0.5, 0.6) is 0 Å². The van der Waals surface area contributed by atoms with E-state index in [1.165, 1.54) is 6.92 Å². The van der Waals surface area contributed by atoms with E-state index < -0.39 is 5.60 Å². The third kappa shape index (κ3) is 4.02. The molecule has 1 aliphatic rings. The molecule has 0 radical (unpaired) electrons. The second-order valence-corrected chi connectivity index (χ2v) is 5.94. The Balaban J connectivity index is 2.75. The number of nitrogens with zero attached hydrogens (tertiary/aromatic N) is 1. The van der Waals surface area contributed by atoms with E-state index in [1.807, 2.05) is 20.8 Å². The highest BCUT2D eigenvalue weighted by molar-refractivity contribution is 5.85. The van der Waals surface area contributed by atoms with E-state index >= 15 is 0 Å². The molecule has 0 spiro atoms. The van der Waals surface area contributed by atoms with Crippen LogP contribution < -0.4 is 0 Å². The van der Waals surface area contributed by atoms with Gasteiger partial charge in [-0.05, 0) is 46.5 Å². The largest absolute Gasteiger partial charge is 0.444 e. The number of hydrogen-bond donors (Lipinski definition) is 0. The van der Waals surface area contributed by atoms with E-state index in [0.717, 1.165) is 12.8 Å². The van der Waals surface area contributed by atoms with E-state index in [-0.39, 0.29) is 17.9 Å². The Hall–Kier alpha value is -1.06. The summed E-state index contributed by atoms with van der Waals surface area (Å²) < 4.78 is 5.34. The number of amides is 1. The zero-order valence-electron chi connectivity index (χ0n) is 11.4. The maximum absolute atomic E-state index is 12.0. The zero-order chi connectivity index (χ0) is 13.2. The van der Waals surface area contributed by atoms with Crippen LogP contribution in [-0.2, 0) is 9.53 Å². The molecule has 1 heterocycles. The average molecular weight is 241 g/mol. The number of rotatable bonds is 1. The Bertz CT molecular complexity index is 306. The normalized spacial score (nSPS) is 25.6. The molecule has 1 fully saturated rings. The van der Waals surface area contributed by atoms with E-state index in [0.29, 0.717) is 12.5 Å². The van der Waals surface area contributed by atoms with Crippen molar-refractivity contribution in [1.29, 1.82) is 0 Å². The van der Waals surface area contributed by atoms with Gasteiger partial charge in [0.05, 0.1) is 6.04 Å². The van der Waals surface area contributed by atoms with E-state index in [1.54, 1.807) is 4.90 Å². The lowest BCUT2D eigenvalue weighted by atomic mass is 9.93. The van der Waals surface area contributed by atoms with Crippen LogP contribution in [0.15, 0.2) is 0 Å². The van der Waals surface area contributed by atoms with Crippen molar-refractivity contribution in [3.63, 3.8) is 0 Å². The molecular formula is C13H23NO3. The molecule has 0 aromatic carbocycles. The number of carbonyl (C=O) groups is 2. The minimum absolute atomic E-state index is 0.0442. The molecule has 4 heteroatoms. The molecule has 4 nitrogen and oxygen atoms in total. The molecule has 98 valence electrons. The van der Waals surface area contributed by atoms with E-state index in [9.17, 15) is 9.59 Å². The molecule has 0 aliphatic carbocycles. The molecule has 17 heavy (non-hydrogen) atoms. The summed E-state index contributed by atoms with van der Waals surface area (Å²) in [7, 11) is 0. The number of ketones is 1. The van der Waals surface area contributed by atoms with E-state index in [4.69, 9.17) is 4.74 Å². The molecule has 1 aliphatic heterocycles. The molecule has 0 aromatic heterocycles. The Labute approximate surface area is 103 Å². The second kappa shape index (κ2) is 5.07. The average Bonchev–Trinajstić information content (AvgIpc) is 2.14. The van der Waals surface area contributed by atoms with Gasteiger partial charge in [-0.2, -0.15) is 0 Å². The quantitative estimate of drug-likeness (QED) is 0.709. The summed E-state index contributed by atoms with van der Waals surface area (Å²) in [6.07, 6.45) is 1.36. The minimum Gasteiger partial charge on any atom is -0.444 e. The number of likely N-dealkylation sites (tertiary alicyclic amines) is 1. The van der Waals surface area contributed by atoms with Crippen molar-refractivity contribution in [3.8, 4) is 0 Å². The maximum Gasteiger partial charge on any atom is 0.410 e. The summed E-state index contributed by atoms with van der Waals surface area (Å²) in [4.78, 5) is 25.1. The first-order chi connectivity index (χ1) is 7.70. The molecule has 0 bridgehead atoms. The molecular weight excluding hydrogens is 218 g/mol. The Kier molecular flexibility index (Phi) is 4.17. The van der Waals surface area contributed by atoms with Crippen LogP contribution in [0.25, 0.3) is 0 Å². The summed E-state index contributed by atoms with van der Waals surface area (Å²) in [5.41, 5.74) is -0.515. The Morgan fingerprint density at radius 1 is 1.24 bits per heavy atom. The van der Waals surface area contributed by atoms with Crippen molar-refractivity contribution in [1.82, 2.24) is 4.90 Å². The van der Waals surface area contributed by atoms with Crippen molar-refractivity contribution >= 4 is 11.9 Å². The lowest BCUT2D eigenvalue weighted by molar-refractivity contribution is -0.123. The first kappa shape index (κ1) is 14.0. The van der Waals surface area contributed by atoms with Gasteiger partial charge in [0.15, 0.2) is 5.78 Å². The number of carbonyl (C=O) groups excluding carboxylic acids is 2. The van der Waals surface area contributed by atoms with Gasteiger partial charge in [0.1, 0.15) is 5.60 Å². The molecule has 0 aromatic rings. The topological polar surface area (TPSA) is 46.6 Å². The van der Waals surface area contributed by atoms with Crippen LogP contribution in [0.1, 0.15) is 47.5 Å². The Morgan fingerprint density at radius 3 is 2.29 bits per heavy atom. The van der Waals surface area contributed by atoms with Crippen molar-refractivity contribution in [3.05, 3.63) is 0 Å². The van der Waals surface area contributed by atoms with Crippen LogP contribution in [0, 0.1) is 5.92 Å². The third-order valence-electron chi connectivity index (χ3n) is 2.91. The van der Waals surface area contributed by atoms with Crippen LogP contribution in [0.4, 0.5) is 4.79 Å². The smallest absolute Gasteiger partial charge is 0.410 e. The standard InChI is InChI=1S/C13H23NO3/c1-9-6-7-11(10(2)15)14(8-9)12(16)17-13(3,4)5/h9,11H,6-8H2,1-5H3. The maximum atomic E-state index is 12.0. The summed E-state index contributed by atoms with van der Waals surface area (Å²) in [5.74, 6) is 0.473. The van der Waals surface area contributed by atoms with Crippen molar-refractivity contribution in [2.45, 2.75) is 59.1 Å². The van der Waals surface area contributed by atoms with Crippen LogP contribution in [0.2, 0.25) is 0 Å². The fourth-order valence-corrected chi connectivity index (χ4v) is 2.10. The van der Waals surface area contributed by atoms with Gasteiger partial charge in [-0.3, -0.25) is 9.69 Å². The predicted molar refractivity (Wildman–Crippen MR) is 65.8 cm³/mol. The van der Waals surface area contributed by atoms with Crippen molar-refractivity contribution < 1.29 is 14.3 Å². The fraction of sp³-hybridized carbons (Fsp3) is 0.846. The number of piperidine rings is 1. The highest BCUT2D eigenvalue weighted by atomic mass is 16.6. The minimum atomic E-state index is -0.515. The zero-order valence-corrected chi connectivity index (χ0v) is 11.4. The molecule has 1 rings (SSSR count). The summed E-state index contributed by atoms with van der Waals surface area (Å²) in [6.45, 7) is 9.74. The second-order valence-electron chi connectivity index (χ2n) is 5.94. The highest BCUT2D eigenvalue weighted by Crippen LogP contribution is 2.24. The number of ether oxygens (including phenoxy) is 1. The molecule has 2 unspecified atom stereocenters. The third-order valence-corrected chi connectivity index (χ3v) is 2.91. The van der Waals surface area contributed by atoms with Gasteiger partial charge in [0, 0.05) is 6.54 Å². The van der Waals surface area contributed by atoms with Crippen LogP contribution in [0.3, 0.4) is 0 Å². The molecule has 1 saturated heterocycles. The van der Waals surface area contributed by atoms with Gasteiger partial charge in [-0.1, -0.05) is 6.92 Å². The SMILES string of the molecule is CC(=O)C1CCC(C)CN1C(=O)OC(C)(C)C. The van der Waals surface area contributed by atoms with Gasteiger partial charge in [0.2, 0.25) is 0 Å². The first-order valence-electron chi connectivity index (χ1n) is 6.21. The Morgan fingerprint density at radius 2 is 1.82 bits per heavy atom. The first-order valence-corrected chi connectivity index (χ1v) is 6.21. The van der Waals surface area contributed by atoms with Crippen LogP contribution >= 0.6 is 0 Å². The lowest BCUT2D eigenvalue weighted by Crippen LogP contribution is -2.51. The van der Waals surface area contributed by atoms with E-state index in [2.05, 4.69) is 6.92 Å². The van der Waals surface area contributed by atoms with Gasteiger partial charge in [-0.25, -0.2) is 4.79 Å². The predicted octanol–water partition coefficient (Wildman–Crippen LogP) is 2.61. The van der Waals surface area contributed by atoms with Crippen molar-refractivity contribution in [2.75, 3.05) is 6.54 Å². The lowest BCUT2D eigenvalue weighted by Gasteiger charge is -2.38. The highest BCUT2D eigenvalue weighted by Gasteiger charge is 2.35. The monoisotopic (exact) mass is 241 g/mol. The van der Waals surface area contributed by atoms with Gasteiger partial charge in [-0.15, -0.1) is 0 Å². The summed E-state index contributed by atoms with van der Waals surface area (Å²) in [6, 6.07) is -0.305. The molecule has 0 saturated carbocycles. The number of Topliss-reactive ketones (excluding diaryl/α,β-unsaturated/α-hetero) is 1. The van der Waals surface area contributed by atoms with Crippen LogP contribution in [-0.4, -0.2) is 35.0 Å². The summed E-state index contributed by atoms with van der Waals surface area (Å²) in [5, 5.41) is 0. The molecule has 2 atom stereocenters. The fourth-order valence-electron chi connectivity index (χ4n) is 2.10. The molecule has 0 N–H and O–H groups in total. The van der Waals surface area contributed by atoms with Gasteiger partial charge in [0.25, 0.3) is 0 Å². The molecule has 1 amide bonds. The van der Waals surface area contributed by atoms with Gasteiger partial charge >= 0.3 is 6.09 Å². The summed E-state index contributed by atoms with van der Waals surface area (Å²) >= 11 is 0. The van der Waals surface area contributed by atoms with Crippen molar-refractivity contribution in [2.24, 2.45) is 5.92 Å². The van der Waals surface area contributed by atoms with Gasteiger partial charge < -0.3 is 4.74 Å².